The van der Waals surface area contributed by atoms with E-state index in [9.17, 15) is 0 Å². The Morgan fingerprint density at radius 3 is 2.95 bits per heavy atom. The molecule has 102 valence electrons. The van der Waals surface area contributed by atoms with Gasteiger partial charge in [-0.25, -0.2) is 9.97 Å². The number of imidazole rings is 1. The van der Waals surface area contributed by atoms with Crippen LogP contribution in [-0.4, -0.2) is 28.2 Å². The Labute approximate surface area is 117 Å². The van der Waals surface area contributed by atoms with Gasteiger partial charge >= 0.3 is 0 Å². The largest absolute Gasteiger partial charge is 0.497 e. The van der Waals surface area contributed by atoms with Crippen molar-refractivity contribution in [3.8, 4) is 11.4 Å². The molecule has 0 amide bonds. The van der Waals surface area contributed by atoms with Crippen LogP contribution < -0.4 is 10.5 Å². The van der Waals surface area contributed by atoms with Gasteiger partial charge in [0.05, 0.1) is 12.8 Å². The third-order valence-electron chi connectivity index (χ3n) is 3.16. The molecular formula is C15H16N4O. The number of benzene rings is 1. The molecule has 0 unspecified atom stereocenters. The second-order valence-electron chi connectivity index (χ2n) is 4.45. The third-order valence-corrected chi connectivity index (χ3v) is 3.16. The number of nitrogens with zero attached hydrogens (tertiary/aromatic N) is 3. The first-order valence-corrected chi connectivity index (χ1v) is 6.50. The van der Waals surface area contributed by atoms with E-state index in [4.69, 9.17) is 10.5 Å². The molecule has 0 saturated carbocycles. The minimum atomic E-state index is 0.549. The number of nitrogens with two attached hydrogens (primary N) is 1. The smallest absolute Gasteiger partial charge is 0.164 e. The summed E-state index contributed by atoms with van der Waals surface area (Å²) in [6.45, 7) is 0.549. The Kier molecular flexibility index (Phi) is 3.35. The molecule has 20 heavy (non-hydrogen) atoms. The summed E-state index contributed by atoms with van der Waals surface area (Å²) < 4.78 is 7.32. The van der Waals surface area contributed by atoms with Crippen molar-refractivity contribution in [2.24, 2.45) is 5.73 Å². The number of methoxy groups -OCH3 is 1. The molecule has 3 aromatic rings. The van der Waals surface area contributed by atoms with Crippen molar-refractivity contribution in [3.63, 3.8) is 0 Å². The SMILES string of the molecule is COc1cccc(-n2c(CCN)nc3cccnc32)c1. The van der Waals surface area contributed by atoms with Crippen LogP contribution in [0.15, 0.2) is 42.6 Å². The van der Waals surface area contributed by atoms with Crippen LogP contribution in [0, 0.1) is 0 Å². The fourth-order valence-electron chi connectivity index (χ4n) is 2.28. The van der Waals surface area contributed by atoms with Crippen molar-refractivity contribution in [1.29, 1.82) is 0 Å². The minimum Gasteiger partial charge on any atom is -0.497 e. The standard InChI is InChI=1S/C15H16N4O/c1-20-12-5-2-4-11(10-12)19-14(7-8-16)18-13-6-3-9-17-15(13)19/h2-6,9-10H,7-8,16H2,1H3. The van der Waals surface area contributed by atoms with Gasteiger partial charge in [0.25, 0.3) is 0 Å². The molecule has 2 heterocycles. The van der Waals surface area contributed by atoms with E-state index in [-0.39, 0.29) is 0 Å². The molecule has 0 radical (unpaired) electrons. The minimum absolute atomic E-state index is 0.549. The molecule has 5 heteroatoms. The Morgan fingerprint density at radius 2 is 2.15 bits per heavy atom. The second kappa shape index (κ2) is 5.30. The van der Waals surface area contributed by atoms with Crippen LogP contribution in [0.2, 0.25) is 0 Å². The van der Waals surface area contributed by atoms with Crippen LogP contribution >= 0.6 is 0 Å². The molecule has 0 aliphatic heterocycles. The van der Waals surface area contributed by atoms with Gasteiger partial charge in [-0.15, -0.1) is 0 Å². The van der Waals surface area contributed by atoms with Crippen LogP contribution in [0.1, 0.15) is 5.82 Å². The lowest BCUT2D eigenvalue weighted by atomic mass is 10.3. The number of fused-ring (bicyclic) bond motifs is 1. The zero-order chi connectivity index (χ0) is 13.9. The number of hydrogen-bond donors (Lipinski definition) is 1. The van der Waals surface area contributed by atoms with Crippen LogP contribution in [0.25, 0.3) is 16.9 Å². The summed E-state index contributed by atoms with van der Waals surface area (Å²) in [5.74, 6) is 1.72. The Hall–Kier alpha value is -2.40. The predicted octanol–water partition coefficient (Wildman–Crippen LogP) is 1.93. The van der Waals surface area contributed by atoms with E-state index in [0.717, 1.165) is 28.4 Å². The number of rotatable bonds is 4. The van der Waals surface area contributed by atoms with Crippen LogP contribution in [0.3, 0.4) is 0 Å². The summed E-state index contributed by atoms with van der Waals surface area (Å²) in [6.07, 6.45) is 2.47. The first-order chi connectivity index (χ1) is 9.83. The second-order valence-corrected chi connectivity index (χ2v) is 4.45. The van der Waals surface area contributed by atoms with Crippen LogP contribution in [0.4, 0.5) is 0 Å². The van der Waals surface area contributed by atoms with Crippen LogP contribution in [-0.2, 0) is 6.42 Å². The van der Waals surface area contributed by atoms with E-state index in [2.05, 4.69) is 9.97 Å². The lowest BCUT2D eigenvalue weighted by molar-refractivity contribution is 0.414. The lowest BCUT2D eigenvalue weighted by Gasteiger charge is -2.09. The highest BCUT2D eigenvalue weighted by Gasteiger charge is 2.12. The van der Waals surface area contributed by atoms with Gasteiger partial charge in [0.15, 0.2) is 5.65 Å². The monoisotopic (exact) mass is 268 g/mol. The number of aromatic nitrogens is 3. The highest BCUT2D eigenvalue weighted by atomic mass is 16.5. The summed E-state index contributed by atoms with van der Waals surface area (Å²) in [5, 5.41) is 0. The first-order valence-electron chi connectivity index (χ1n) is 6.50. The van der Waals surface area contributed by atoms with Gasteiger partial charge in [-0.3, -0.25) is 4.57 Å². The molecule has 0 saturated heterocycles. The number of pyridine rings is 1. The molecule has 5 nitrogen and oxygen atoms in total. The summed E-state index contributed by atoms with van der Waals surface area (Å²) in [4.78, 5) is 9.05. The normalized spacial score (nSPS) is 10.9. The van der Waals surface area contributed by atoms with Crippen molar-refractivity contribution >= 4 is 11.2 Å². The van der Waals surface area contributed by atoms with E-state index in [1.54, 1.807) is 13.3 Å². The molecule has 0 aliphatic rings. The summed E-state index contributed by atoms with van der Waals surface area (Å²) in [5.41, 5.74) is 8.38. The molecule has 2 aromatic heterocycles. The average molecular weight is 268 g/mol. The maximum Gasteiger partial charge on any atom is 0.164 e. The third kappa shape index (κ3) is 2.12. The van der Waals surface area contributed by atoms with Gasteiger partial charge in [0.2, 0.25) is 0 Å². The van der Waals surface area contributed by atoms with Gasteiger partial charge in [-0.2, -0.15) is 0 Å². The fourth-order valence-corrected chi connectivity index (χ4v) is 2.28. The van der Waals surface area contributed by atoms with Crippen molar-refractivity contribution in [1.82, 2.24) is 14.5 Å². The molecule has 1 aromatic carbocycles. The Balaban J connectivity index is 2.24. The molecule has 3 rings (SSSR count). The highest BCUT2D eigenvalue weighted by Crippen LogP contribution is 2.23. The van der Waals surface area contributed by atoms with Gasteiger partial charge < -0.3 is 10.5 Å². The van der Waals surface area contributed by atoms with Crippen molar-refractivity contribution in [2.45, 2.75) is 6.42 Å². The molecular weight excluding hydrogens is 252 g/mol. The zero-order valence-electron chi connectivity index (χ0n) is 11.3. The van der Waals surface area contributed by atoms with Gasteiger partial charge in [0, 0.05) is 18.7 Å². The van der Waals surface area contributed by atoms with Gasteiger partial charge in [-0.05, 0) is 30.8 Å². The van der Waals surface area contributed by atoms with Crippen LogP contribution in [0.5, 0.6) is 5.75 Å². The molecule has 0 bridgehead atoms. The topological polar surface area (TPSA) is 66.0 Å². The molecule has 0 aliphatic carbocycles. The van der Waals surface area contributed by atoms with E-state index < -0.39 is 0 Å². The summed E-state index contributed by atoms with van der Waals surface area (Å²) in [7, 11) is 1.66. The number of hydrogen-bond acceptors (Lipinski definition) is 4. The summed E-state index contributed by atoms with van der Waals surface area (Å²) >= 11 is 0. The zero-order valence-corrected chi connectivity index (χ0v) is 11.3. The maximum absolute atomic E-state index is 5.69. The maximum atomic E-state index is 5.69. The van der Waals surface area contributed by atoms with Gasteiger partial charge in [0.1, 0.15) is 17.1 Å². The quantitative estimate of drug-likeness (QED) is 0.785. The Morgan fingerprint density at radius 1 is 1.25 bits per heavy atom. The van der Waals surface area contributed by atoms with Gasteiger partial charge in [-0.1, -0.05) is 6.07 Å². The molecule has 0 fully saturated rings. The highest BCUT2D eigenvalue weighted by molar-refractivity contribution is 5.74. The predicted molar refractivity (Wildman–Crippen MR) is 78.2 cm³/mol. The van der Waals surface area contributed by atoms with Crippen molar-refractivity contribution in [3.05, 3.63) is 48.4 Å². The van der Waals surface area contributed by atoms with E-state index in [1.807, 2.05) is 41.0 Å². The summed E-state index contributed by atoms with van der Waals surface area (Å²) in [6, 6.07) is 11.7. The van der Waals surface area contributed by atoms with Crippen molar-refractivity contribution in [2.75, 3.05) is 13.7 Å². The van der Waals surface area contributed by atoms with E-state index >= 15 is 0 Å². The van der Waals surface area contributed by atoms with E-state index in [1.165, 1.54) is 0 Å². The lowest BCUT2D eigenvalue weighted by Crippen LogP contribution is -2.09. The number of ether oxygens (including phenoxy) is 1. The molecule has 2 N–H and O–H groups in total. The fraction of sp³-hybridized carbons (Fsp3) is 0.200. The average Bonchev–Trinajstić information content (AvgIpc) is 2.85. The Bertz CT molecular complexity index is 736. The molecule has 0 atom stereocenters. The molecule has 0 spiro atoms. The van der Waals surface area contributed by atoms with Crippen molar-refractivity contribution < 1.29 is 4.74 Å². The van der Waals surface area contributed by atoms with E-state index in [0.29, 0.717) is 13.0 Å². The first kappa shape index (κ1) is 12.6.